The number of H-pyrrole nitrogens is 1. The van der Waals surface area contributed by atoms with Crippen molar-refractivity contribution in [2.24, 2.45) is 5.10 Å². The number of hydrogen-bond donors (Lipinski definition) is 2. The molecule has 1 aromatic heterocycles. The van der Waals surface area contributed by atoms with E-state index in [4.69, 9.17) is 0 Å². The van der Waals surface area contributed by atoms with Gasteiger partial charge >= 0.3 is 0 Å². The highest BCUT2D eigenvalue weighted by molar-refractivity contribution is 6.04. The molecule has 0 spiro atoms. The Balaban J connectivity index is 1.46. The van der Waals surface area contributed by atoms with Gasteiger partial charge in [-0.25, -0.2) is 0 Å². The molecule has 0 radical (unpaired) electrons. The van der Waals surface area contributed by atoms with Gasteiger partial charge < -0.3 is 5.32 Å². The Morgan fingerprint density at radius 1 is 1.25 bits per heavy atom. The molecule has 0 atom stereocenters. The quantitative estimate of drug-likeness (QED) is 0.905. The van der Waals surface area contributed by atoms with E-state index in [0.29, 0.717) is 17.3 Å². The highest BCUT2D eigenvalue weighted by Gasteiger charge is 2.28. The van der Waals surface area contributed by atoms with E-state index in [1.165, 1.54) is 12.8 Å². The van der Waals surface area contributed by atoms with Crippen LogP contribution in [0, 0.1) is 6.92 Å². The summed E-state index contributed by atoms with van der Waals surface area (Å²) in [7, 11) is 0. The summed E-state index contributed by atoms with van der Waals surface area (Å²) in [5.41, 5.74) is 4.97. The number of carbonyl (C=O) groups excluding carboxylic acids is 1. The molecule has 0 bridgehead atoms. The van der Waals surface area contributed by atoms with Crippen LogP contribution in [0.2, 0.25) is 0 Å². The molecule has 2 heterocycles. The largest absolute Gasteiger partial charge is 0.305 e. The number of nitrogens with one attached hydrogen (secondary N) is 2. The van der Waals surface area contributed by atoms with Crippen molar-refractivity contribution in [1.82, 2.24) is 10.2 Å². The first kappa shape index (κ1) is 14.9. The first-order chi connectivity index (χ1) is 11.6. The van der Waals surface area contributed by atoms with Gasteiger partial charge in [0.15, 0.2) is 5.82 Å². The van der Waals surface area contributed by atoms with E-state index in [-0.39, 0.29) is 5.91 Å². The van der Waals surface area contributed by atoms with Crippen LogP contribution in [0.25, 0.3) is 0 Å². The van der Waals surface area contributed by atoms with Gasteiger partial charge in [0.05, 0.1) is 5.69 Å². The van der Waals surface area contributed by atoms with Crippen molar-refractivity contribution in [2.45, 2.75) is 39.0 Å². The summed E-state index contributed by atoms with van der Waals surface area (Å²) < 4.78 is 0. The second kappa shape index (κ2) is 5.78. The van der Waals surface area contributed by atoms with Crippen molar-refractivity contribution < 1.29 is 4.79 Å². The Labute approximate surface area is 140 Å². The monoisotopic (exact) mass is 323 g/mol. The number of aromatic nitrogens is 2. The number of amides is 1. The Hall–Kier alpha value is -2.63. The normalized spacial score (nSPS) is 17.1. The Bertz CT molecular complexity index is 801. The average molecular weight is 323 g/mol. The maximum atomic E-state index is 12.4. The van der Waals surface area contributed by atoms with Gasteiger partial charge in [0.25, 0.3) is 5.91 Å². The lowest BCUT2D eigenvalue weighted by molar-refractivity contribution is 0.102. The number of aromatic amines is 1. The second-order valence-corrected chi connectivity index (χ2v) is 6.59. The fourth-order valence-electron chi connectivity index (χ4n) is 3.03. The lowest BCUT2D eigenvalue weighted by Crippen LogP contribution is -2.14. The van der Waals surface area contributed by atoms with E-state index in [9.17, 15) is 4.79 Å². The lowest BCUT2D eigenvalue weighted by atomic mass is 10.1. The van der Waals surface area contributed by atoms with E-state index in [0.717, 1.165) is 35.6 Å². The summed E-state index contributed by atoms with van der Waals surface area (Å²) in [6.07, 6.45) is 3.40. The number of hydrogen-bond acceptors (Lipinski definition) is 4. The predicted octanol–water partition coefficient (Wildman–Crippen LogP) is 3.43. The average Bonchev–Trinajstić information content (AvgIpc) is 3.24. The first-order valence-corrected chi connectivity index (χ1v) is 8.39. The summed E-state index contributed by atoms with van der Waals surface area (Å²) in [6, 6.07) is 7.53. The topological polar surface area (TPSA) is 73.4 Å². The fourth-order valence-corrected chi connectivity index (χ4v) is 3.03. The van der Waals surface area contributed by atoms with Gasteiger partial charge in [-0.1, -0.05) is 0 Å². The third-order valence-electron chi connectivity index (χ3n) is 4.67. The molecular formula is C18H21N5O. The maximum absolute atomic E-state index is 12.4. The van der Waals surface area contributed by atoms with E-state index < -0.39 is 0 Å². The van der Waals surface area contributed by atoms with E-state index in [1.807, 2.05) is 43.1 Å². The van der Waals surface area contributed by atoms with Gasteiger partial charge in [0, 0.05) is 41.4 Å². The molecule has 2 aromatic rings. The zero-order valence-corrected chi connectivity index (χ0v) is 14.0. The maximum Gasteiger partial charge on any atom is 0.256 e. The molecule has 2 aliphatic rings. The predicted molar refractivity (Wildman–Crippen MR) is 94.8 cm³/mol. The van der Waals surface area contributed by atoms with Crippen LogP contribution in [0.4, 0.5) is 11.5 Å². The summed E-state index contributed by atoms with van der Waals surface area (Å²) in [5, 5.41) is 16.7. The van der Waals surface area contributed by atoms with Crippen LogP contribution >= 0.6 is 0 Å². The van der Waals surface area contributed by atoms with Gasteiger partial charge in [-0.3, -0.25) is 14.9 Å². The Morgan fingerprint density at radius 2 is 2.00 bits per heavy atom. The molecule has 0 saturated heterocycles. The SMILES string of the molecule is CC1=NN(c2ccc(C(=O)Nc3n[nH]c(C4CC4)c3C)cc2)CC1. The lowest BCUT2D eigenvalue weighted by Gasteiger charge is -2.13. The minimum absolute atomic E-state index is 0.139. The molecule has 6 nitrogen and oxygen atoms in total. The molecule has 1 aromatic carbocycles. The number of benzene rings is 1. The standard InChI is InChI=1S/C18H21N5O/c1-11-9-10-23(22-11)15-7-5-14(6-8-15)18(24)19-17-12(2)16(20-21-17)13-3-4-13/h5-8,13H,3-4,9-10H2,1-2H3,(H2,19,20,21,24). The number of nitrogens with zero attached hydrogens (tertiary/aromatic N) is 3. The van der Waals surface area contributed by atoms with Gasteiger partial charge in [-0.15, -0.1) is 0 Å². The minimum Gasteiger partial charge on any atom is -0.305 e. The van der Waals surface area contributed by atoms with Crippen LogP contribution in [-0.4, -0.2) is 28.4 Å². The smallest absolute Gasteiger partial charge is 0.256 e. The third-order valence-corrected chi connectivity index (χ3v) is 4.67. The summed E-state index contributed by atoms with van der Waals surface area (Å²) in [6.45, 7) is 4.93. The van der Waals surface area contributed by atoms with Crippen molar-refractivity contribution >= 4 is 23.1 Å². The molecule has 4 rings (SSSR count). The number of hydrazone groups is 1. The third kappa shape index (κ3) is 2.79. The van der Waals surface area contributed by atoms with Crippen LogP contribution in [0.5, 0.6) is 0 Å². The molecule has 1 aliphatic heterocycles. The van der Waals surface area contributed by atoms with E-state index in [1.54, 1.807) is 0 Å². The first-order valence-electron chi connectivity index (χ1n) is 8.39. The fraction of sp³-hybridized carbons (Fsp3) is 0.389. The molecular weight excluding hydrogens is 302 g/mol. The summed E-state index contributed by atoms with van der Waals surface area (Å²) in [4.78, 5) is 12.4. The number of rotatable bonds is 4. The van der Waals surface area contributed by atoms with Crippen LogP contribution < -0.4 is 10.3 Å². The molecule has 1 saturated carbocycles. The van der Waals surface area contributed by atoms with Gasteiger partial charge in [-0.2, -0.15) is 10.2 Å². The highest BCUT2D eigenvalue weighted by Crippen LogP contribution is 2.41. The zero-order valence-electron chi connectivity index (χ0n) is 14.0. The van der Waals surface area contributed by atoms with Crippen LogP contribution in [-0.2, 0) is 0 Å². The van der Waals surface area contributed by atoms with E-state index in [2.05, 4.69) is 20.6 Å². The summed E-state index contributed by atoms with van der Waals surface area (Å²) >= 11 is 0. The van der Waals surface area contributed by atoms with Crippen molar-refractivity contribution in [3.63, 3.8) is 0 Å². The molecule has 1 fully saturated rings. The second-order valence-electron chi connectivity index (χ2n) is 6.59. The molecule has 124 valence electrons. The number of carbonyl (C=O) groups is 1. The molecule has 1 aliphatic carbocycles. The van der Waals surface area contributed by atoms with Gasteiger partial charge in [0.2, 0.25) is 0 Å². The van der Waals surface area contributed by atoms with Crippen LogP contribution in [0.15, 0.2) is 29.4 Å². The Morgan fingerprint density at radius 3 is 2.62 bits per heavy atom. The van der Waals surface area contributed by atoms with Gasteiger partial charge in [0.1, 0.15) is 0 Å². The van der Waals surface area contributed by atoms with Crippen molar-refractivity contribution in [2.75, 3.05) is 16.9 Å². The Kier molecular flexibility index (Phi) is 3.59. The van der Waals surface area contributed by atoms with Gasteiger partial charge in [-0.05, 0) is 51.0 Å². The molecule has 24 heavy (non-hydrogen) atoms. The zero-order chi connectivity index (χ0) is 16.7. The van der Waals surface area contributed by atoms with Crippen molar-refractivity contribution in [3.05, 3.63) is 41.1 Å². The molecule has 1 amide bonds. The van der Waals surface area contributed by atoms with Crippen molar-refractivity contribution in [1.29, 1.82) is 0 Å². The number of anilines is 2. The van der Waals surface area contributed by atoms with E-state index >= 15 is 0 Å². The highest BCUT2D eigenvalue weighted by atomic mass is 16.1. The molecule has 0 unspecified atom stereocenters. The molecule has 2 N–H and O–H groups in total. The minimum atomic E-state index is -0.139. The van der Waals surface area contributed by atoms with Crippen molar-refractivity contribution in [3.8, 4) is 0 Å². The molecule has 6 heteroatoms. The summed E-state index contributed by atoms with van der Waals surface area (Å²) in [5.74, 6) is 1.08. The van der Waals surface area contributed by atoms with Crippen LogP contribution in [0.1, 0.15) is 53.7 Å². The van der Waals surface area contributed by atoms with Crippen LogP contribution in [0.3, 0.4) is 0 Å².